The summed E-state index contributed by atoms with van der Waals surface area (Å²) in [5.74, 6) is 0.927. The van der Waals surface area contributed by atoms with Crippen LogP contribution in [0.2, 0.25) is 0 Å². The lowest BCUT2D eigenvalue weighted by Crippen LogP contribution is -2.29. The number of likely N-dealkylation sites (N-methyl/N-ethyl adjacent to an activating group) is 1. The molecule has 0 saturated heterocycles. The van der Waals surface area contributed by atoms with Gasteiger partial charge in [-0.2, -0.15) is 0 Å². The van der Waals surface area contributed by atoms with Gasteiger partial charge in [0.25, 0.3) is 0 Å². The van der Waals surface area contributed by atoms with Crippen molar-refractivity contribution in [2.45, 2.75) is 6.92 Å². The van der Waals surface area contributed by atoms with Crippen molar-refractivity contribution < 1.29 is 4.74 Å². The molecular weight excluding hydrogens is 188 g/mol. The van der Waals surface area contributed by atoms with Gasteiger partial charge in [-0.25, -0.2) is 0 Å². The minimum Gasteiger partial charge on any atom is -0.461 e. The number of rotatable bonds is 4. The summed E-state index contributed by atoms with van der Waals surface area (Å²) in [5, 5.41) is 3.31. The standard InChI is InChI=1S/C12H16N2O/c1-2-13-7-8-14-9-10-15-12-6-4-3-5-11(12)14/h3-6,9-10,13H,2,7-8H2,1H3. The number of para-hydroxylation sites is 2. The van der Waals surface area contributed by atoms with Gasteiger partial charge in [0.1, 0.15) is 12.0 Å². The molecule has 1 aliphatic heterocycles. The van der Waals surface area contributed by atoms with E-state index in [0.717, 1.165) is 31.1 Å². The largest absolute Gasteiger partial charge is 0.461 e. The van der Waals surface area contributed by atoms with Crippen molar-refractivity contribution in [2.24, 2.45) is 0 Å². The number of hydrogen-bond acceptors (Lipinski definition) is 3. The number of fused-ring (bicyclic) bond motifs is 1. The molecule has 1 heterocycles. The van der Waals surface area contributed by atoms with Gasteiger partial charge in [0.05, 0.1) is 5.69 Å². The van der Waals surface area contributed by atoms with E-state index in [9.17, 15) is 0 Å². The molecule has 0 atom stereocenters. The number of nitrogens with one attached hydrogen (secondary N) is 1. The molecule has 0 aromatic heterocycles. The topological polar surface area (TPSA) is 24.5 Å². The second kappa shape index (κ2) is 4.84. The normalized spacial score (nSPS) is 13.5. The van der Waals surface area contributed by atoms with Crippen molar-refractivity contribution in [3.63, 3.8) is 0 Å². The molecule has 2 rings (SSSR count). The van der Waals surface area contributed by atoms with Gasteiger partial charge in [-0.3, -0.25) is 0 Å². The Labute approximate surface area is 90.3 Å². The second-order valence-corrected chi connectivity index (χ2v) is 3.42. The maximum Gasteiger partial charge on any atom is 0.150 e. The highest BCUT2D eigenvalue weighted by Gasteiger charge is 2.12. The molecule has 1 aromatic carbocycles. The van der Waals surface area contributed by atoms with E-state index in [4.69, 9.17) is 4.74 Å². The molecule has 3 heteroatoms. The zero-order valence-corrected chi connectivity index (χ0v) is 8.94. The van der Waals surface area contributed by atoms with Crippen molar-refractivity contribution >= 4 is 5.69 Å². The highest BCUT2D eigenvalue weighted by Crippen LogP contribution is 2.30. The van der Waals surface area contributed by atoms with Crippen LogP contribution in [0.5, 0.6) is 5.75 Å². The van der Waals surface area contributed by atoms with Gasteiger partial charge >= 0.3 is 0 Å². The summed E-state index contributed by atoms with van der Waals surface area (Å²) in [6.45, 7) is 5.07. The first-order chi connectivity index (χ1) is 7.42. The predicted molar refractivity (Wildman–Crippen MR) is 62.1 cm³/mol. The van der Waals surface area contributed by atoms with Crippen molar-refractivity contribution in [1.29, 1.82) is 0 Å². The molecule has 80 valence electrons. The van der Waals surface area contributed by atoms with Crippen molar-refractivity contribution in [1.82, 2.24) is 5.32 Å². The highest BCUT2D eigenvalue weighted by molar-refractivity contribution is 5.61. The van der Waals surface area contributed by atoms with Crippen LogP contribution < -0.4 is 15.0 Å². The van der Waals surface area contributed by atoms with Crippen LogP contribution in [-0.4, -0.2) is 19.6 Å². The third kappa shape index (κ3) is 2.30. The molecular formula is C12H16N2O. The van der Waals surface area contributed by atoms with Gasteiger partial charge in [0.2, 0.25) is 0 Å². The van der Waals surface area contributed by atoms with Gasteiger partial charge in [0.15, 0.2) is 0 Å². The zero-order chi connectivity index (χ0) is 10.5. The minimum atomic E-state index is 0.927. The molecule has 1 aromatic rings. The quantitative estimate of drug-likeness (QED) is 0.759. The van der Waals surface area contributed by atoms with Crippen molar-refractivity contribution in [3.8, 4) is 5.75 Å². The molecule has 0 unspecified atom stereocenters. The van der Waals surface area contributed by atoms with E-state index in [1.165, 1.54) is 0 Å². The lowest BCUT2D eigenvalue weighted by Gasteiger charge is -2.25. The molecule has 0 fully saturated rings. The lowest BCUT2D eigenvalue weighted by molar-refractivity contribution is 0.468. The number of ether oxygens (including phenoxy) is 1. The molecule has 0 radical (unpaired) electrons. The molecule has 1 aliphatic rings. The van der Waals surface area contributed by atoms with E-state index in [1.54, 1.807) is 6.26 Å². The average molecular weight is 204 g/mol. The Hall–Kier alpha value is -1.48. The first kappa shape index (κ1) is 10.1. The van der Waals surface area contributed by atoms with E-state index in [-0.39, 0.29) is 0 Å². The summed E-state index contributed by atoms with van der Waals surface area (Å²) in [6, 6.07) is 8.08. The van der Waals surface area contributed by atoms with Gasteiger partial charge < -0.3 is 15.0 Å². The number of nitrogens with zero attached hydrogens (tertiary/aromatic N) is 1. The Morgan fingerprint density at radius 1 is 1.33 bits per heavy atom. The maximum absolute atomic E-state index is 5.42. The van der Waals surface area contributed by atoms with Gasteiger partial charge in [-0.15, -0.1) is 0 Å². The third-order valence-electron chi connectivity index (χ3n) is 2.39. The van der Waals surface area contributed by atoms with Crippen LogP contribution in [-0.2, 0) is 0 Å². The summed E-state index contributed by atoms with van der Waals surface area (Å²) >= 11 is 0. The smallest absolute Gasteiger partial charge is 0.150 e. The maximum atomic E-state index is 5.42. The van der Waals surface area contributed by atoms with Crippen LogP contribution in [0.3, 0.4) is 0 Å². The van der Waals surface area contributed by atoms with Crippen molar-refractivity contribution in [2.75, 3.05) is 24.5 Å². The highest BCUT2D eigenvalue weighted by atomic mass is 16.5. The van der Waals surface area contributed by atoms with Crippen LogP contribution in [0.4, 0.5) is 5.69 Å². The fourth-order valence-corrected chi connectivity index (χ4v) is 1.62. The number of anilines is 1. The molecule has 0 saturated carbocycles. The molecule has 0 bridgehead atoms. The average Bonchev–Trinajstić information content (AvgIpc) is 2.30. The summed E-state index contributed by atoms with van der Waals surface area (Å²) in [5.41, 5.74) is 1.14. The van der Waals surface area contributed by atoms with Crippen LogP contribution in [0, 0.1) is 0 Å². The van der Waals surface area contributed by atoms with Gasteiger partial charge in [-0.1, -0.05) is 19.1 Å². The van der Waals surface area contributed by atoms with Crippen LogP contribution in [0.15, 0.2) is 36.7 Å². The first-order valence-corrected chi connectivity index (χ1v) is 5.31. The van der Waals surface area contributed by atoms with Gasteiger partial charge in [0, 0.05) is 19.3 Å². The SMILES string of the molecule is CCNCCN1C=COc2ccccc21. The van der Waals surface area contributed by atoms with E-state index in [1.807, 2.05) is 24.4 Å². The lowest BCUT2D eigenvalue weighted by atomic mass is 10.2. The summed E-state index contributed by atoms with van der Waals surface area (Å²) < 4.78 is 5.42. The fraction of sp³-hybridized carbons (Fsp3) is 0.333. The van der Waals surface area contributed by atoms with E-state index in [0.29, 0.717) is 0 Å². The Bertz CT molecular complexity index is 349. The summed E-state index contributed by atoms with van der Waals surface area (Å²) in [7, 11) is 0. The van der Waals surface area contributed by atoms with Gasteiger partial charge in [-0.05, 0) is 18.7 Å². The summed E-state index contributed by atoms with van der Waals surface area (Å²) in [6.07, 6.45) is 3.70. The first-order valence-electron chi connectivity index (χ1n) is 5.31. The zero-order valence-electron chi connectivity index (χ0n) is 8.94. The van der Waals surface area contributed by atoms with Crippen LogP contribution >= 0.6 is 0 Å². The number of benzene rings is 1. The molecule has 0 spiro atoms. The molecule has 1 N–H and O–H groups in total. The Balaban J connectivity index is 2.05. The predicted octanol–water partition coefficient (Wildman–Crippen LogP) is 1.97. The second-order valence-electron chi connectivity index (χ2n) is 3.42. The Morgan fingerprint density at radius 2 is 2.20 bits per heavy atom. The monoisotopic (exact) mass is 204 g/mol. The Morgan fingerprint density at radius 3 is 3.07 bits per heavy atom. The third-order valence-corrected chi connectivity index (χ3v) is 2.39. The van der Waals surface area contributed by atoms with Crippen LogP contribution in [0.25, 0.3) is 0 Å². The molecule has 3 nitrogen and oxygen atoms in total. The molecule has 0 aliphatic carbocycles. The van der Waals surface area contributed by atoms with E-state index >= 15 is 0 Å². The molecule has 15 heavy (non-hydrogen) atoms. The summed E-state index contributed by atoms with van der Waals surface area (Å²) in [4.78, 5) is 2.20. The number of hydrogen-bond donors (Lipinski definition) is 1. The van der Waals surface area contributed by atoms with E-state index in [2.05, 4.69) is 23.2 Å². The van der Waals surface area contributed by atoms with Crippen LogP contribution in [0.1, 0.15) is 6.92 Å². The van der Waals surface area contributed by atoms with Crippen molar-refractivity contribution in [3.05, 3.63) is 36.7 Å². The minimum absolute atomic E-state index is 0.927. The Kier molecular flexibility index (Phi) is 3.25. The van der Waals surface area contributed by atoms with E-state index < -0.39 is 0 Å². The molecule has 0 amide bonds. The fourth-order valence-electron chi connectivity index (χ4n) is 1.62.